The Morgan fingerprint density at radius 1 is 1.32 bits per heavy atom. The number of nitrogens with one attached hydrogen (secondary N) is 1. The van der Waals surface area contributed by atoms with Crippen molar-refractivity contribution in [1.29, 1.82) is 0 Å². The first-order valence-corrected chi connectivity index (χ1v) is 6.39. The van der Waals surface area contributed by atoms with Crippen molar-refractivity contribution in [2.24, 2.45) is 5.92 Å². The number of carbonyl (C=O) groups excluding carboxylic acids is 1. The van der Waals surface area contributed by atoms with Crippen molar-refractivity contribution >= 4 is 17.5 Å². The van der Waals surface area contributed by atoms with Crippen LogP contribution in [0.15, 0.2) is 24.3 Å². The fourth-order valence-corrected chi connectivity index (χ4v) is 1.86. The Labute approximate surface area is 115 Å². The van der Waals surface area contributed by atoms with Crippen molar-refractivity contribution in [3.63, 3.8) is 0 Å². The fourth-order valence-electron chi connectivity index (χ4n) is 1.42. The molecule has 0 saturated heterocycles. The number of amides is 1. The largest absolute Gasteiger partial charge is 0.435 e. The van der Waals surface area contributed by atoms with Gasteiger partial charge >= 0.3 is 6.61 Å². The Morgan fingerprint density at radius 3 is 2.32 bits per heavy atom. The molecule has 1 aromatic carbocycles. The summed E-state index contributed by atoms with van der Waals surface area (Å²) in [5, 5.41) is 2.78. The van der Waals surface area contributed by atoms with E-state index in [4.69, 9.17) is 11.6 Å². The number of rotatable bonds is 6. The third kappa shape index (κ3) is 5.03. The molecule has 0 bridgehead atoms. The van der Waals surface area contributed by atoms with Gasteiger partial charge in [0.2, 0.25) is 0 Å². The Hall–Kier alpha value is -1.36. The number of ether oxygens (including phenoxy) is 1. The zero-order valence-electron chi connectivity index (χ0n) is 10.7. The first kappa shape index (κ1) is 15.7. The van der Waals surface area contributed by atoms with Gasteiger partial charge < -0.3 is 10.1 Å². The zero-order valence-corrected chi connectivity index (χ0v) is 11.5. The highest BCUT2D eigenvalue weighted by Gasteiger charge is 2.16. The molecule has 0 aliphatic rings. The van der Waals surface area contributed by atoms with Crippen LogP contribution in [0, 0.1) is 5.92 Å². The number of hydrogen-bond acceptors (Lipinski definition) is 2. The van der Waals surface area contributed by atoms with Gasteiger partial charge in [-0.25, -0.2) is 0 Å². The highest BCUT2D eigenvalue weighted by Crippen LogP contribution is 2.15. The lowest BCUT2D eigenvalue weighted by Crippen LogP contribution is -2.39. The molecule has 0 fully saturated rings. The first-order chi connectivity index (χ1) is 8.93. The molecule has 0 radical (unpaired) electrons. The summed E-state index contributed by atoms with van der Waals surface area (Å²) in [6, 6.07) is 5.38. The van der Waals surface area contributed by atoms with Crippen LogP contribution in [0.1, 0.15) is 24.2 Å². The van der Waals surface area contributed by atoms with Gasteiger partial charge in [0.15, 0.2) is 0 Å². The summed E-state index contributed by atoms with van der Waals surface area (Å²) >= 11 is 5.76. The molecule has 1 rings (SSSR count). The molecule has 0 heterocycles. The van der Waals surface area contributed by atoms with Crippen LogP contribution in [0.5, 0.6) is 5.75 Å². The van der Waals surface area contributed by atoms with Crippen LogP contribution in [0.4, 0.5) is 8.78 Å². The minimum atomic E-state index is -2.87. The van der Waals surface area contributed by atoms with Crippen LogP contribution in [0.25, 0.3) is 0 Å². The van der Waals surface area contributed by atoms with Crippen LogP contribution in [-0.2, 0) is 0 Å². The van der Waals surface area contributed by atoms with E-state index in [1.165, 1.54) is 24.3 Å². The molecule has 6 heteroatoms. The van der Waals surface area contributed by atoms with Gasteiger partial charge in [0, 0.05) is 17.5 Å². The van der Waals surface area contributed by atoms with Crippen molar-refractivity contribution < 1.29 is 18.3 Å². The van der Waals surface area contributed by atoms with E-state index in [2.05, 4.69) is 10.1 Å². The summed E-state index contributed by atoms with van der Waals surface area (Å²) in [4.78, 5) is 11.9. The van der Waals surface area contributed by atoms with Crippen LogP contribution in [0.2, 0.25) is 0 Å². The van der Waals surface area contributed by atoms with E-state index in [0.717, 1.165) is 0 Å². The summed E-state index contributed by atoms with van der Waals surface area (Å²) in [6.07, 6.45) is 0. The third-order valence-electron chi connectivity index (χ3n) is 2.63. The van der Waals surface area contributed by atoms with Crippen LogP contribution in [-0.4, -0.2) is 24.4 Å². The Balaban J connectivity index is 2.67. The van der Waals surface area contributed by atoms with E-state index in [1.54, 1.807) is 0 Å². The molecular formula is C13H16ClF2NO2. The van der Waals surface area contributed by atoms with Gasteiger partial charge in [-0.05, 0) is 30.2 Å². The van der Waals surface area contributed by atoms with Crippen molar-refractivity contribution in [3.05, 3.63) is 29.8 Å². The summed E-state index contributed by atoms with van der Waals surface area (Å²) in [5.41, 5.74) is 0.373. The van der Waals surface area contributed by atoms with Crippen molar-refractivity contribution in [3.8, 4) is 5.75 Å². The monoisotopic (exact) mass is 291 g/mol. The van der Waals surface area contributed by atoms with Gasteiger partial charge in [-0.1, -0.05) is 13.8 Å². The first-order valence-electron chi connectivity index (χ1n) is 5.85. The van der Waals surface area contributed by atoms with Crippen LogP contribution >= 0.6 is 11.6 Å². The highest BCUT2D eigenvalue weighted by molar-refractivity contribution is 6.18. The molecule has 0 aromatic heterocycles. The van der Waals surface area contributed by atoms with E-state index in [0.29, 0.717) is 11.4 Å². The molecule has 1 aromatic rings. The minimum Gasteiger partial charge on any atom is -0.435 e. The second-order valence-electron chi connectivity index (χ2n) is 4.38. The molecule has 1 atom stereocenters. The van der Waals surface area contributed by atoms with Gasteiger partial charge in [0.05, 0.1) is 0 Å². The van der Waals surface area contributed by atoms with Gasteiger partial charge in [0.1, 0.15) is 5.75 Å². The van der Waals surface area contributed by atoms with E-state index >= 15 is 0 Å². The Morgan fingerprint density at radius 2 is 1.89 bits per heavy atom. The molecule has 19 heavy (non-hydrogen) atoms. The molecule has 0 aliphatic heterocycles. The van der Waals surface area contributed by atoms with Crippen molar-refractivity contribution in [2.75, 3.05) is 5.88 Å². The molecule has 0 aliphatic carbocycles. The van der Waals surface area contributed by atoms with E-state index in [1.807, 2.05) is 13.8 Å². The molecule has 106 valence electrons. The quantitative estimate of drug-likeness (QED) is 0.817. The molecule has 1 amide bonds. The maximum Gasteiger partial charge on any atom is 0.387 e. The van der Waals surface area contributed by atoms with Gasteiger partial charge in [-0.15, -0.1) is 11.6 Å². The van der Waals surface area contributed by atoms with Crippen LogP contribution < -0.4 is 10.1 Å². The SMILES string of the molecule is CC(C)C(CCl)NC(=O)c1ccc(OC(F)F)cc1. The van der Waals surface area contributed by atoms with E-state index < -0.39 is 6.61 Å². The predicted octanol–water partition coefficient (Wildman–Crippen LogP) is 3.28. The third-order valence-corrected chi connectivity index (χ3v) is 2.96. The van der Waals surface area contributed by atoms with E-state index in [-0.39, 0.29) is 23.6 Å². The maximum atomic E-state index is 12.0. The summed E-state index contributed by atoms with van der Waals surface area (Å²) in [5.74, 6) is 0.255. The predicted molar refractivity (Wildman–Crippen MR) is 69.9 cm³/mol. The average Bonchev–Trinajstić information content (AvgIpc) is 2.35. The Bertz CT molecular complexity index is 410. The molecule has 0 saturated carbocycles. The number of halogens is 3. The molecular weight excluding hydrogens is 276 g/mol. The van der Waals surface area contributed by atoms with Crippen molar-refractivity contribution in [2.45, 2.75) is 26.5 Å². The number of alkyl halides is 3. The zero-order chi connectivity index (χ0) is 14.4. The minimum absolute atomic E-state index is 0.0179. The van der Waals surface area contributed by atoms with Gasteiger partial charge in [-0.2, -0.15) is 8.78 Å². The van der Waals surface area contributed by atoms with Crippen LogP contribution in [0.3, 0.4) is 0 Å². The van der Waals surface area contributed by atoms with Gasteiger partial charge in [0.25, 0.3) is 5.91 Å². The lowest BCUT2D eigenvalue weighted by Gasteiger charge is -2.19. The number of carbonyl (C=O) groups is 1. The lowest BCUT2D eigenvalue weighted by molar-refractivity contribution is -0.0498. The van der Waals surface area contributed by atoms with Gasteiger partial charge in [-0.3, -0.25) is 4.79 Å². The summed E-state index contributed by atoms with van der Waals surface area (Å²) in [6.45, 7) is 1.03. The molecule has 1 unspecified atom stereocenters. The van der Waals surface area contributed by atoms with E-state index in [9.17, 15) is 13.6 Å². The maximum absolute atomic E-state index is 12.0. The molecule has 1 N–H and O–H groups in total. The average molecular weight is 292 g/mol. The lowest BCUT2D eigenvalue weighted by atomic mass is 10.1. The standard InChI is InChI=1S/C13H16ClF2NO2/c1-8(2)11(7-14)17-12(18)9-3-5-10(6-4-9)19-13(15)16/h3-6,8,11,13H,7H2,1-2H3,(H,17,18). The second kappa shape index (κ2) is 7.28. The summed E-state index contributed by atoms with van der Waals surface area (Å²) < 4.78 is 28.1. The fraction of sp³-hybridized carbons (Fsp3) is 0.462. The number of benzene rings is 1. The normalized spacial score (nSPS) is 12.6. The van der Waals surface area contributed by atoms with Crippen molar-refractivity contribution in [1.82, 2.24) is 5.32 Å². The highest BCUT2D eigenvalue weighted by atomic mass is 35.5. The summed E-state index contributed by atoms with van der Waals surface area (Å²) in [7, 11) is 0. The molecule has 0 spiro atoms. The Kier molecular flexibility index (Phi) is 6.02. The topological polar surface area (TPSA) is 38.3 Å². The number of hydrogen-bond donors (Lipinski definition) is 1. The smallest absolute Gasteiger partial charge is 0.387 e. The second-order valence-corrected chi connectivity index (χ2v) is 4.69. The molecule has 3 nitrogen and oxygen atoms in total.